The first-order valence-electron chi connectivity index (χ1n) is 9.48. The van der Waals surface area contributed by atoms with E-state index in [9.17, 15) is 9.59 Å². The van der Waals surface area contributed by atoms with Crippen LogP contribution in [0.3, 0.4) is 0 Å². The third-order valence-corrected chi connectivity index (χ3v) is 5.79. The fraction of sp³-hybridized carbons (Fsp3) is 0.364. The van der Waals surface area contributed by atoms with Gasteiger partial charge in [-0.25, -0.2) is 0 Å². The highest BCUT2D eigenvalue weighted by Gasteiger charge is 2.36. The van der Waals surface area contributed by atoms with E-state index in [1.54, 1.807) is 39.3 Å². The average Bonchev–Trinajstić information content (AvgIpc) is 3.41. The Labute approximate surface area is 174 Å². The van der Waals surface area contributed by atoms with E-state index in [1.807, 2.05) is 29.7 Å². The minimum absolute atomic E-state index is 0.109. The normalized spacial score (nSPS) is 18.9. The Bertz CT molecular complexity index is 877. The van der Waals surface area contributed by atoms with Gasteiger partial charge in [0.15, 0.2) is 0 Å². The van der Waals surface area contributed by atoms with Crippen molar-refractivity contribution in [2.45, 2.75) is 25.3 Å². The first-order chi connectivity index (χ1) is 14.1. The predicted molar refractivity (Wildman–Crippen MR) is 112 cm³/mol. The van der Waals surface area contributed by atoms with Gasteiger partial charge in [0.05, 0.1) is 31.6 Å². The lowest BCUT2D eigenvalue weighted by atomic mass is 9.84. The van der Waals surface area contributed by atoms with Crippen molar-refractivity contribution in [3.05, 3.63) is 58.3 Å². The largest absolute Gasteiger partial charge is 0.497 e. The summed E-state index contributed by atoms with van der Waals surface area (Å²) in [6.07, 6.45) is 4.51. The van der Waals surface area contributed by atoms with Crippen LogP contribution in [0.2, 0.25) is 0 Å². The molecule has 1 heterocycles. The molecule has 0 bridgehead atoms. The van der Waals surface area contributed by atoms with E-state index in [0.717, 1.165) is 0 Å². The van der Waals surface area contributed by atoms with Crippen molar-refractivity contribution in [2.24, 2.45) is 5.92 Å². The highest BCUT2D eigenvalue weighted by atomic mass is 32.1. The monoisotopic (exact) mass is 415 g/mol. The zero-order valence-electron chi connectivity index (χ0n) is 16.7. The number of benzene rings is 1. The number of allylic oxidation sites excluding steroid dienone is 1. The van der Waals surface area contributed by atoms with Gasteiger partial charge in [-0.15, -0.1) is 11.3 Å². The Morgan fingerprint density at radius 1 is 1.21 bits per heavy atom. The molecule has 1 aliphatic carbocycles. The highest BCUT2D eigenvalue weighted by Crippen LogP contribution is 2.40. The van der Waals surface area contributed by atoms with Crippen LogP contribution in [0.25, 0.3) is 0 Å². The van der Waals surface area contributed by atoms with Gasteiger partial charge in [0.25, 0.3) is 5.91 Å². The quantitative estimate of drug-likeness (QED) is 0.525. The van der Waals surface area contributed by atoms with Crippen molar-refractivity contribution in [1.29, 1.82) is 0 Å². The van der Waals surface area contributed by atoms with Crippen molar-refractivity contribution in [3.8, 4) is 11.5 Å². The number of carbonyl (C=O) groups excluding carboxylic acids is 2. The Hall–Kier alpha value is -2.80. The van der Waals surface area contributed by atoms with Gasteiger partial charge < -0.3 is 19.5 Å². The molecule has 0 spiro atoms. The molecule has 1 N–H and O–H groups in total. The van der Waals surface area contributed by atoms with Crippen LogP contribution in [0.1, 0.15) is 34.5 Å². The molecule has 0 aliphatic heterocycles. The number of thiophene rings is 1. The molecule has 0 saturated heterocycles. The Morgan fingerprint density at radius 2 is 2.03 bits per heavy atom. The fourth-order valence-corrected chi connectivity index (χ4v) is 4.20. The zero-order valence-corrected chi connectivity index (χ0v) is 17.5. The molecule has 7 heteroatoms. The van der Waals surface area contributed by atoms with Crippen molar-refractivity contribution in [3.63, 3.8) is 0 Å². The molecule has 0 saturated carbocycles. The first-order valence-corrected chi connectivity index (χ1v) is 10.4. The van der Waals surface area contributed by atoms with E-state index in [0.29, 0.717) is 28.4 Å². The molecule has 6 nitrogen and oxygen atoms in total. The third kappa shape index (κ3) is 4.79. The van der Waals surface area contributed by atoms with Crippen LogP contribution in [0, 0.1) is 5.92 Å². The number of rotatable bonds is 8. The number of hydrogen-bond donors (Lipinski definition) is 1. The molecule has 0 unspecified atom stereocenters. The lowest BCUT2D eigenvalue weighted by Crippen LogP contribution is -2.33. The molecule has 1 aliphatic rings. The summed E-state index contributed by atoms with van der Waals surface area (Å²) in [5, 5.41) is 4.89. The molecule has 2 aromatic rings. The summed E-state index contributed by atoms with van der Waals surface area (Å²) < 4.78 is 16.2. The van der Waals surface area contributed by atoms with Gasteiger partial charge in [0.2, 0.25) is 0 Å². The maximum Gasteiger partial charge on any atom is 0.314 e. The number of ether oxygens (including phenoxy) is 3. The minimum Gasteiger partial charge on any atom is -0.497 e. The molecule has 154 valence electrons. The second kappa shape index (κ2) is 9.60. The third-order valence-electron chi connectivity index (χ3n) is 4.92. The number of esters is 1. The van der Waals surface area contributed by atoms with Crippen LogP contribution in [0.15, 0.2) is 47.9 Å². The van der Waals surface area contributed by atoms with Crippen molar-refractivity contribution >= 4 is 23.2 Å². The summed E-state index contributed by atoms with van der Waals surface area (Å²) in [4.78, 5) is 25.9. The van der Waals surface area contributed by atoms with Gasteiger partial charge in [-0.05, 0) is 48.9 Å². The topological polar surface area (TPSA) is 73.9 Å². The van der Waals surface area contributed by atoms with Crippen LogP contribution in [-0.4, -0.2) is 38.7 Å². The number of methoxy groups -OCH3 is 2. The summed E-state index contributed by atoms with van der Waals surface area (Å²) in [7, 11) is 3.15. The highest BCUT2D eigenvalue weighted by molar-refractivity contribution is 7.12. The maximum absolute atomic E-state index is 12.9. The average molecular weight is 416 g/mol. The Balaban J connectivity index is 1.83. The predicted octanol–water partition coefficient (Wildman–Crippen LogP) is 3.79. The van der Waals surface area contributed by atoms with E-state index in [4.69, 9.17) is 14.2 Å². The second-order valence-electron chi connectivity index (χ2n) is 6.68. The van der Waals surface area contributed by atoms with Gasteiger partial charge in [-0.1, -0.05) is 18.2 Å². The summed E-state index contributed by atoms with van der Waals surface area (Å²) in [6, 6.07) is 8.88. The molecular formula is C22H25NO5S. The molecule has 1 amide bonds. The van der Waals surface area contributed by atoms with Crippen LogP contribution in [0.4, 0.5) is 0 Å². The maximum atomic E-state index is 12.9. The minimum atomic E-state index is -0.556. The summed E-state index contributed by atoms with van der Waals surface area (Å²) in [6.45, 7) is 2.07. The van der Waals surface area contributed by atoms with Gasteiger partial charge >= 0.3 is 5.97 Å². The van der Waals surface area contributed by atoms with E-state index in [1.165, 1.54) is 11.3 Å². The molecule has 1 aromatic heterocycles. The number of amides is 1. The van der Waals surface area contributed by atoms with E-state index in [-0.39, 0.29) is 30.4 Å². The van der Waals surface area contributed by atoms with Crippen LogP contribution in [0.5, 0.6) is 11.5 Å². The molecule has 29 heavy (non-hydrogen) atoms. The Morgan fingerprint density at radius 3 is 2.69 bits per heavy atom. The molecule has 3 atom stereocenters. The molecule has 0 fully saturated rings. The zero-order chi connectivity index (χ0) is 20.8. The van der Waals surface area contributed by atoms with E-state index >= 15 is 0 Å². The van der Waals surface area contributed by atoms with Crippen molar-refractivity contribution < 1.29 is 23.8 Å². The second-order valence-corrected chi connectivity index (χ2v) is 7.63. The summed E-state index contributed by atoms with van der Waals surface area (Å²) in [5.74, 6) is 0.118. The molecule has 1 aromatic carbocycles. The Kier molecular flexibility index (Phi) is 6.93. The van der Waals surface area contributed by atoms with Crippen LogP contribution >= 0.6 is 11.3 Å². The van der Waals surface area contributed by atoms with Crippen LogP contribution in [-0.2, 0) is 9.53 Å². The van der Waals surface area contributed by atoms with Gasteiger partial charge in [-0.2, -0.15) is 0 Å². The standard InChI is InChI=1S/C22H25NO5S/c1-4-28-22(25)20(17-13-16(26-2)9-10-18(17)27-3)14-7-8-15(12-14)23-21(24)19-6-5-11-29-19/h5-11,13-15,20H,4,12H2,1-3H3,(H,23,24)/t14-,15-,20+/m1/s1. The lowest BCUT2D eigenvalue weighted by Gasteiger charge is -2.24. The summed E-state index contributed by atoms with van der Waals surface area (Å²) in [5.41, 5.74) is 0.713. The van der Waals surface area contributed by atoms with Crippen LogP contribution < -0.4 is 14.8 Å². The summed E-state index contributed by atoms with van der Waals surface area (Å²) >= 11 is 1.40. The van der Waals surface area contributed by atoms with E-state index in [2.05, 4.69) is 5.32 Å². The molecule has 3 rings (SSSR count). The number of carbonyl (C=O) groups is 2. The number of nitrogens with one attached hydrogen (secondary N) is 1. The smallest absolute Gasteiger partial charge is 0.314 e. The van der Waals surface area contributed by atoms with Gasteiger partial charge in [-0.3, -0.25) is 9.59 Å². The molecular weight excluding hydrogens is 390 g/mol. The molecule has 0 radical (unpaired) electrons. The fourth-order valence-electron chi connectivity index (χ4n) is 3.58. The SMILES string of the molecule is CCOC(=O)[C@H](c1cc(OC)ccc1OC)[C@@H]1C=C[C@@H](NC(=O)c2cccs2)C1. The number of hydrogen-bond acceptors (Lipinski definition) is 6. The van der Waals surface area contributed by atoms with Gasteiger partial charge in [0.1, 0.15) is 11.5 Å². The first kappa shape index (κ1) is 20.9. The lowest BCUT2D eigenvalue weighted by molar-refractivity contribution is -0.146. The van der Waals surface area contributed by atoms with Crippen molar-refractivity contribution in [1.82, 2.24) is 5.32 Å². The van der Waals surface area contributed by atoms with Crippen molar-refractivity contribution in [2.75, 3.05) is 20.8 Å². The van der Waals surface area contributed by atoms with E-state index < -0.39 is 5.92 Å². The van der Waals surface area contributed by atoms with Gasteiger partial charge in [0, 0.05) is 11.6 Å².